The van der Waals surface area contributed by atoms with Gasteiger partial charge in [-0.25, -0.2) is 4.67 Å². The van der Waals surface area contributed by atoms with Crippen LogP contribution in [0.2, 0.25) is 0 Å². The largest absolute Gasteiger partial charge is 0.352 e. The van der Waals surface area contributed by atoms with Crippen LogP contribution in [0.4, 0.5) is 0 Å². The molecule has 0 N–H and O–H groups in total. The minimum atomic E-state index is -0.664. The maximum absolute atomic E-state index is 2.71. The van der Waals surface area contributed by atoms with Gasteiger partial charge in [0.2, 0.25) is 0 Å². The number of benzene rings is 4. The maximum Gasteiger partial charge on any atom is 0.278 e. The fourth-order valence-electron chi connectivity index (χ4n) is 5.89. The van der Waals surface area contributed by atoms with Gasteiger partial charge < -0.3 is 9.57 Å². The number of hydrogen-bond acceptors (Lipinski definition) is 3. The molecule has 0 aromatic heterocycles. The van der Waals surface area contributed by atoms with Crippen LogP contribution in [-0.4, -0.2) is 63.9 Å². The molecule has 1 fully saturated rings. The van der Waals surface area contributed by atoms with Crippen molar-refractivity contribution in [1.29, 1.82) is 0 Å². The summed E-state index contributed by atoms with van der Waals surface area (Å²) in [4.78, 5) is 2.62. The van der Waals surface area contributed by atoms with Gasteiger partial charge in [0, 0.05) is 34.3 Å². The minimum absolute atomic E-state index is 0.664. The van der Waals surface area contributed by atoms with E-state index in [1.54, 1.807) is 0 Å². The second kappa shape index (κ2) is 11.0. The Bertz CT molecular complexity index is 1400. The van der Waals surface area contributed by atoms with Crippen LogP contribution in [0.5, 0.6) is 0 Å². The first kappa shape index (κ1) is 24.6. The van der Waals surface area contributed by atoms with Crippen molar-refractivity contribution in [2.24, 2.45) is 0 Å². The molecule has 0 amide bonds. The van der Waals surface area contributed by atoms with Crippen molar-refractivity contribution in [2.75, 3.05) is 39.3 Å². The highest BCUT2D eigenvalue weighted by Crippen LogP contribution is 2.46. The van der Waals surface area contributed by atoms with E-state index in [1.807, 2.05) is 0 Å². The quantitative estimate of drug-likeness (QED) is 0.264. The van der Waals surface area contributed by atoms with Gasteiger partial charge in [-0.2, -0.15) is 0 Å². The Morgan fingerprint density at radius 3 is 1.38 bits per heavy atom. The highest BCUT2D eigenvalue weighted by atomic mass is 31.1. The molecule has 0 radical (unpaired) electrons. The van der Waals surface area contributed by atoms with Crippen LogP contribution < -0.4 is 21.2 Å². The van der Waals surface area contributed by atoms with E-state index in [0.717, 1.165) is 39.3 Å². The van der Waals surface area contributed by atoms with Crippen molar-refractivity contribution < 1.29 is 4.58 Å². The van der Waals surface area contributed by atoms with E-state index >= 15 is 0 Å². The minimum Gasteiger partial charge on any atom is -0.352 e. The molecule has 0 unspecified atom stereocenters. The molecule has 0 bridgehead atoms. The molecule has 1 saturated heterocycles. The average molecular weight is 548 g/mol. The third kappa shape index (κ3) is 4.78. The molecule has 7 rings (SSSR count). The van der Waals surface area contributed by atoms with Crippen LogP contribution >= 0.6 is 16.1 Å². The number of nitrogens with zero attached hydrogens (tertiary/aromatic N) is 4. The molecule has 3 aliphatic heterocycles. The summed E-state index contributed by atoms with van der Waals surface area (Å²) < 4.78 is 8.04. The highest BCUT2D eigenvalue weighted by molar-refractivity contribution is 7.71. The molecule has 39 heavy (non-hydrogen) atoms. The third-order valence-electron chi connectivity index (χ3n) is 7.72. The topological polar surface area (TPSA) is 12.7 Å². The summed E-state index contributed by atoms with van der Waals surface area (Å²) >= 11 is 0. The van der Waals surface area contributed by atoms with Crippen molar-refractivity contribution in [3.63, 3.8) is 0 Å². The SMILES string of the molecule is C1=C2N(CCN2P(c2ccccc2)c2ccccc2)CC[N+]2=C1N(P(c1ccccc1)c1ccccc1)CC2. The standard InChI is InChI=1S/C33H33N4P2/c1-5-13-28(14-6-1)38(29-15-7-2-8-16-29)36-25-23-34-21-22-35-24-26-37(33(35)27-32(34)36)39(30-17-9-3-10-18-30)31-19-11-4-12-20-31/h1-20,27H,21-26H2/q+1. The van der Waals surface area contributed by atoms with Gasteiger partial charge in [-0.05, 0) is 0 Å². The zero-order valence-corrected chi connectivity index (χ0v) is 23.8. The van der Waals surface area contributed by atoms with E-state index in [9.17, 15) is 0 Å². The van der Waals surface area contributed by atoms with Crippen molar-refractivity contribution in [1.82, 2.24) is 14.2 Å². The Balaban J connectivity index is 1.32. The highest BCUT2D eigenvalue weighted by Gasteiger charge is 2.42. The maximum atomic E-state index is 2.71. The lowest BCUT2D eigenvalue weighted by molar-refractivity contribution is -0.516. The van der Waals surface area contributed by atoms with Crippen LogP contribution in [0.1, 0.15) is 0 Å². The molecule has 0 atom stereocenters. The summed E-state index contributed by atoms with van der Waals surface area (Å²) in [5.74, 6) is 2.77. The molecule has 4 aromatic rings. The first-order chi connectivity index (χ1) is 19.4. The Morgan fingerprint density at radius 2 is 0.897 bits per heavy atom. The van der Waals surface area contributed by atoms with E-state index < -0.39 is 16.1 Å². The van der Waals surface area contributed by atoms with Gasteiger partial charge in [-0.3, -0.25) is 4.58 Å². The first-order valence-electron chi connectivity index (χ1n) is 13.8. The second-order valence-electron chi connectivity index (χ2n) is 10.0. The van der Waals surface area contributed by atoms with E-state index in [4.69, 9.17) is 0 Å². The van der Waals surface area contributed by atoms with Gasteiger partial charge in [0.05, 0.1) is 20.7 Å². The molecular weight excluding hydrogens is 514 g/mol. The zero-order chi connectivity index (χ0) is 26.0. The normalized spacial score (nSPS) is 17.0. The summed E-state index contributed by atoms with van der Waals surface area (Å²) in [7, 11) is -1.33. The van der Waals surface area contributed by atoms with Crippen molar-refractivity contribution in [2.45, 2.75) is 0 Å². The van der Waals surface area contributed by atoms with Crippen molar-refractivity contribution in [3.8, 4) is 0 Å². The lowest BCUT2D eigenvalue weighted by atomic mass is 10.4. The van der Waals surface area contributed by atoms with Gasteiger partial charge in [0.25, 0.3) is 5.84 Å². The monoisotopic (exact) mass is 547 g/mol. The molecule has 6 heteroatoms. The predicted octanol–water partition coefficient (Wildman–Crippen LogP) is 4.28. The van der Waals surface area contributed by atoms with Crippen molar-refractivity contribution in [3.05, 3.63) is 133 Å². The fourth-order valence-corrected chi connectivity index (χ4v) is 10.8. The Labute approximate surface area is 234 Å². The average Bonchev–Trinajstić information content (AvgIpc) is 3.53. The predicted molar refractivity (Wildman–Crippen MR) is 166 cm³/mol. The van der Waals surface area contributed by atoms with Crippen LogP contribution in [0, 0.1) is 0 Å². The smallest absolute Gasteiger partial charge is 0.278 e. The second-order valence-corrected chi connectivity index (χ2v) is 14.3. The third-order valence-corrected chi connectivity index (χ3v) is 12.6. The molecule has 0 aliphatic carbocycles. The zero-order valence-electron chi connectivity index (χ0n) is 22.1. The number of rotatable bonds is 6. The molecule has 3 aliphatic rings. The summed E-state index contributed by atoms with van der Waals surface area (Å²) in [5, 5.41) is 5.64. The Hall–Kier alpha value is -3.45. The number of hydrogen-bond donors (Lipinski definition) is 0. The Morgan fingerprint density at radius 1 is 0.462 bits per heavy atom. The van der Waals surface area contributed by atoms with E-state index in [2.05, 4.69) is 146 Å². The van der Waals surface area contributed by atoms with Gasteiger partial charge in [-0.15, -0.1) is 0 Å². The lowest BCUT2D eigenvalue weighted by Gasteiger charge is -2.32. The first-order valence-corrected chi connectivity index (χ1v) is 16.4. The summed E-state index contributed by atoms with van der Waals surface area (Å²) in [5.41, 5.74) is 0. The molecule has 4 nitrogen and oxygen atoms in total. The van der Waals surface area contributed by atoms with E-state index in [1.165, 1.54) is 32.9 Å². The van der Waals surface area contributed by atoms with E-state index in [-0.39, 0.29) is 0 Å². The summed E-state index contributed by atoms with van der Waals surface area (Å²) in [6, 6.07) is 44.5. The molecule has 4 aromatic carbocycles. The van der Waals surface area contributed by atoms with E-state index in [0.29, 0.717) is 0 Å². The van der Waals surface area contributed by atoms with Gasteiger partial charge in [0.15, 0.2) is 8.07 Å². The van der Waals surface area contributed by atoms with Gasteiger partial charge in [-0.1, -0.05) is 121 Å². The number of fused-ring (bicyclic) bond motifs is 1. The fraction of sp³-hybridized carbons (Fsp3) is 0.182. The summed E-state index contributed by atoms with van der Waals surface area (Å²) in [6.45, 7) is 6.42. The molecule has 0 spiro atoms. The molecule has 194 valence electrons. The Kier molecular flexibility index (Phi) is 6.91. The summed E-state index contributed by atoms with van der Waals surface area (Å²) in [6.07, 6.45) is 2.52. The van der Waals surface area contributed by atoms with Crippen LogP contribution in [0.3, 0.4) is 0 Å². The van der Waals surface area contributed by atoms with Crippen LogP contribution in [0.15, 0.2) is 133 Å². The lowest BCUT2D eigenvalue weighted by Crippen LogP contribution is -2.33. The van der Waals surface area contributed by atoms with Crippen LogP contribution in [0.25, 0.3) is 0 Å². The van der Waals surface area contributed by atoms with Crippen molar-refractivity contribution >= 4 is 43.2 Å². The molecular formula is C33H33N4P2+. The molecule has 3 heterocycles. The van der Waals surface area contributed by atoms with Crippen LogP contribution in [-0.2, 0) is 0 Å². The number of amidine groups is 1. The van der Waals surface area contributed by atoms with Gasteiger partial charge in [0.1, 0.15) is 25.5 Å². The molecule has 0 saturated carbocycles. The van der Waals surface area contributed by atoms with Gasteiger partial charge >= 0.3 is 0 Å².